The fourth-order valence-electron chi connectivity index (χ4n) is 3.80. The Morgan fingerprint density at radius 3 is 2.76 bits per heavy atom. The van der Waals surface area contributed by atoms with E-state index in [2.05, 4.69) is 4.90 Å². The molecule has 7 nitrogen and oxygen atoms in total. The fourth-order valence-corrected chi connectivity index (χ4v) is 3.80. The molecular formula is C18H25N3O4. The highest BCUT2D eigenvalue weighted by molar-refractivity contribution is 6.07. The van der Waals surface area contributed by atoms with Crippen LogP contribution in [0.4, 0.5) is 4.79 Å². The van der Waals surface area contributed by atoms with Gasteiger partial charge in [0, 0.05) is 40.3 Å². The molecule has 7 heteroatoms. The van der Waals surface area contributed by atoms with Gasteiger partial charge in [0.2, 0.25) is 0 Å². The van der Waals surface area contributed by atoms with E-state index < -0.39 is 5.54 Å². The lowest BCUT2D eigenvalue weighted by atomic mass is 9.97. The van der Waals surface area contributed by atoms with E-state index in [4.69, 9.17) is 9.47 Å². The first-order valence-corrected chi connectivity index (χ1v) is 8.46. The van der Waals surface area contributed by atoms with E-state index in [-0.39, 0.29) is 11.9 Å². The predicted molar refractivity (Wildman–Crippen MR) is 92.4 cm³/mol. The van der Waals surface area contributed by atoms with Crippen LogP contribution in [-0.4, -0.2) is 79.7 Å². The molecule has 0 saturated carbocycles. The third-order valence-electron chi connectivity index (χ3n) is 5.12. The van der Waals surface area contributed by atoms with Gasteiger partial charge in [0.15, 0.2) is 0 Å². The second kappa shape index (κ2) is 7.01. The molecule has 2 heterocycles. The van der Waals surface area contributed by atoms with Gasteiger partial charge < -0.3 is 14.4 Å². The minimum Gasteiger partial charge on any atom is -0.497 e. The van der Waals surface area contributed by atoms with Gasteiger partial charge >= 0.3 is 6.03 Å². The summed E-state index contributed by atoms with van der Waals surface area (Å²) in [5, 5.41) is 0. The third-order valence-corrected chi connectivity index (χ3v) is 5.12. The largest absolute Gasteiger partial charge is 0.497 e. The summed E-state index contributed by atoms with van der Waals surface area (Å²) in [6, 6.07) is 7.69. The zero-order valence-electron chi connectivity index (χ0n) is 15.0. The first kappa shape index (κ1) is 17.7. The lowest BCUT2D eigenvalue weighted by Crippen LogP contribution is -2.52. The molecule has 3 rings (SSSR count). The van der Waals surface area contributed by atoms with Gasteiger partial charge in [-0.3, -0.25) is 14.6 Å². The first-order valence-electron chi connectivity index (χ1n) is 8.46. The van der Waals surface area contributed by atoms with Crippen molar-refractivity contribution < 1.29 is 19.1 Å². The van der Waals surface area contributed by atoms with Crippen LogP contribution in [0, 0.1) is 0 Å². The monoisotopic (exact) mass is 347 g/mol. The van der Waals surface area contributed by atoms with Crippen molar-refractivity contribution >= 4 is 11.9 Å². The summed E-state index contributed by atoms with van der Waals surface area (Å²) in [4.78, 5) is 30.4. The van der Waals surface area contributed by atoms with Crippen molar-refractivity contribution in [3.63, 3.8) is 0 Å². The summed E-state index contributed by atoms with van der Waals surface area (Å²) in [6.07, 6.45) is 0.648. The Balaban J connectivity index is 1.76. The van der Waals surface area contributed by atoms with Gasteiger partial charge in [-0.15, -0.1) is 0 Å². The van der Waals surface area contributed by atoms with E-state index in [1.165, 1.54) is 4.90 Å². The lowest BCUT2D eigenvalue weighted by Gasteiger charge is -2.31. The molecule has 2 aliphatic rings. The summed E-state index contributed by atoms with van der Waals surface area (Å²) < 4.78 is 10.4. The van der Waals surface area contributed by atoms with Gasteiger partial charge in [-0.1, -0.05) is 12.1 Å². The number of rotatable bonds is 6. The summed E-state index contributed by atoms with van der Waals surface area (Å²) in [5.74, 6) is 0.710. The highest BCUT2D eigenvalue weighted by atomic mass is 16.5. The van der Waals surface area contributed by atoms with Crippen molar-refractivity contribution in [2.75, 3.05) is 47.5 Å². The maximum Gasteiger partial charge on any atom is 0.327 e. The van der Waals surface area contributed by atoms with Gasteiger partial charge in [-0.2, -0.15) is 0 Å². The maximum absolute atomic E-state index is 12.8. The fraction of sp³-hybridized carbons (Fsp3) is 0.556. The first-order chi connectivity index (χ1) is 12.0. The highest BCUT2D eigenvalue weighted by Crippen LogP contribution is 2.36. The number of imide groups is 1. The molecule has 1 aromatic carbocycles. The van der Waals surface area contributed by atoms with Crippen LogP contribution in [0.25, 0.3) is 0 Å². The molecule has 25 heavy (non-hydrogen) atoms. The van der Waals surface area contributed by atoms with Crippen LogP contribution in [-0.2, 0) is 16.1 Å². The van der Waals surface area contributed by atoms with Crippen LogP contribution in [0.2, 0.25) is 0 Å². The number of carbonyl (C=O) groups is 2. The predicted octanol–water partition coefficient (Wildman–Crippen LogP) is 1.18. The minimum absolute atomic E-state index is 0.109. The van der Waals surface area contributed by atoms with Crippen molar-refractivity contribution in [1.82, 2.24) is 14.7 Å². The summed E-state index contributed by atoms with van der Waals surface area (Å²) in [5.41, 5.74) is 0.369. The number of nitrogens with zero attached hydrogens (tertiary/aromatic N) is 3. The summed E-state index contributed by atoms with van der Waals surface area (Å²) >= 11 is 0. The summed E-state index contributed by atoms with van der Waals surface area (Å²) in [6.45, 7) is 2.89. The number of ether oxygens (including phenoxy) is 2. The molecule has 2 aliphatic heterocycles. The molecule has 0 radical (unpaired) electrons. The van der Waals surface area contributed by atoms with Crippen molar-refractivity contribution in [1.29, 1.82) is 0 Å². The Bertz CT molecular complexity index is 665. The van der Waals surface area contributed by atoms with Crippen LogP contribution in [0.1, 0.15) is 12.0 Å². The van der Waals surface area contributed by atoms with Gasteiger partial charge in [0.05, 0.1) is 13.7 Å². The average Bonchev–Trinajstić information content (AvgIpc) is 3.11. The average molecular weight is 347 g/mol. The van der Waals surface area contributed by atoms with E-state index in [1.807, 2.05) is 24.3 Å². The molecular weight excluding hydrogens is 322 g/mol. The minimum atomic E-state index is -0.761. The third kappa shape index (κ3) is 3.09. The summed E-state index contributed by atoms with van der Waals surface area (Å²) in [7, 11) is 4.81. The molecule has 3 amide bonds. The molecule has 0 bridgehead atoms. The number of likely N-dealkylation sites (tertiary alicyclic amines) is 1. The number of methoxy groups -OCH3 is 2. The molecule has 0 N–H and O–H groups in total. The standard InChI is InChI=1S/C18H25N3O4/c1-19-16(22)18(21(17(19)23)9-10-24-2)7-8-20(13-18)12-14-5-4-6-15(11-14)25-3/h4-6,11H,7-10,12-13H2,1-3H3. The zero-order chi connectivity index (χ0) is 18.0. The maximum atomic E-state index is 12.8. The molecule has 0 aliphatic carbocycles. The lowest BCUT2D eigenvalue weighted by molar-refractivity contribution is -0.132. The second-order valence-electron chi connectivity index (χ2n) is 6.63. The Morgan fingerprint density at radius 1 is 1.24 bits per heavy atom. The van der Waals surface area contributed by atoms with Crippen molar-refractivity contribution in [3.05, 3.63) is 29.8 Å². The SMILES string of the molecule is COCCN1C(=O)N(C)C(=O)C12CCN(Cc1cccc(OC)c1)C2. The van der Waals surface area contributed by atoms with Crippen LogP contribution in [0.3, 0.4) is 0 Å². The second-order valence-corrected chi connectivity index (χ2v) is 6.63. The number of hydrogen-bond donors (Lipinski definition) is 0. The molecule has 1 atom stereocenters. The van der Waals surface area contributed by atoms with E-state index in [0.717, 1.165) is 24.4 Å². The Morgan fingerprint density at radius 2 is 2.04 bits per heavy atom. The van der Waals surface area contributed by atoms with Gasteiger partial charge in [-0.25, -0.2) is 4.79 Å². The van der Waals surface area contributed by atoms with Gasteiger partial charge in [-0.05, 0) is 24.1 Å². The Labute approximate surface area is 148 Å². The van der Waals surface area contributed by atoms with Crippen LogP contribution >= 0.6 is 0 Å². The molecule has 1 spiro atoms. The highest BCUT2D eigenvalue weighted by Gasteiger charge is 2.58. The molecule has 1 aromatic rings. The number of urea groups is 1. The van der Waals surface area contributed by atoms with Crippen molar-refractivity contribution in [2.45, 2.75) is 18.5 Å². The molecule has 2 saturated heterocycles. The quantitative estimate of drug-likeness (QED) is 0.723. The molecule has 1 unspecified atom stereocenters. The van der Waals surface area contributed by atoms with Crippen LogP contribution < -0.4 is 4.74 Å². The molecule has 0 aromatic heterocycles. The number of amides is 3. The number of hydrogen-bond acceptors (Lipinski definition) is 5. The van der Waals surface area contributed by atoms with Crippen LogP contribution in [0.15, 0.2) is 24.3 Å². The van der Waals surface area contributed by atoms with Crippen LogP contribution in [0.5, 0.6) is 5.75 Å². The Hall–Kier alpha value is -2.12. The van der Waals surface area contributed by atoms with E-state index in [0.29, 0.717) is 26.1 Å². The smallest absolute Gasteiger partial charge is 0.327 e. The van der Waals surface area contributed by atoms with Gasteiger partial charge in [0.1, 0.15) is 11.3 Å². The van der Waals surface area contributed by atoms with Crippen molar-refractivity contribution in [3.8, 4) is 5.75 Å². The number of carbonyl (C=O) groups excluding carboxylic acids is 2. The topological polar surface area (TPSA) is 62.3 Å². The number of likely N-dealkylation sites (N-methyl/N-ethyl adjacent to an activating group) is 1. The van der Waals surface area contributed by atoms with Gasteiger partial charge in [0.25, 0.3) is 5.91 Å². The van der Waals surface area contributed by atoms with E-state index in [1.54, 1.807) is 26.2 Å². The normalized spacial score (nSPS) is 24.0. The van der Waals surface area contributed by atoms with E-state index >= 15 is 0 Å². The van der Waals surface area contributed by atoms with Crippen molar-refractivity contribution in [2.24, 2.45) is 0 Å². The molecule has 136 valence electrons. The number of benzene rings is 1. The van der Waals surface area contributed by atoms with E-state index in [9.17, 15) is 9.59 Å². The zero-order valence-corrected chi connectivity index (χ0v) is 15.0. The Kier molecular flexibility index (Phi) is 4.96. The molecule has 2 fully saturated rings.